The van der Waals surface area contributed by atoms with Crippen LogP contribution in [0.4, 0.5) is 0 Å². The zero-order valence-electron chi connectivity index (χ0n) is 9.11. The molecule has 0 saturated heterocycles. The predicted molar refractivity (Wildman–Crippen MR) is 53.2 cm³/mol. The first kappa shape index (κ1) is 11.7. The van der Waals surface area contributed by atoms with E-state index in [1.165, 1.54) is 6.42 Å². The van der Waals surface area contributed by atoms with E-state index in [-0.39, 0.29) is 5.41 Å². The van der Waals surface area contributed by atoms with Crippen molar-refractivity contribution in [3.05, 3.63) is 0 Å². The Morgan fingerprint density at radius 3 is 2.08 bits per heavy atom. The van der Waals surface area contributed by atoms with Gasteiger partial charge in [0.25, 0.3) is 0 Å². The van der Waals surface area contributed by atoms with Gasteiger partial charge in [-0.3, -0.25) is 4.79 Å². The van der Waals surface area contributed by atoms with Crippen LogP contribution in [-0.2, 0) is 4.79 Å². The van der Waals surface area contributed by atoms with E-state index in [0.29, 0.717) is 5.78 Å². The summed E-state index contributed by atoms with van der Waals surface area (Å²) in [4.78, 5) is 11.4. The summed E-state index contributed by atoms with van der Waals surface area (Å²) in [5.74, 6) is 1.11. The van der Waals surface area contributed by atoms with Crippen LogP contribution in [0.1, 0.15) is 53.9 Å². The zero-order chi connectivity index (χ0) is 9.78. The second-order valence-corrected chi connectivity index (χ2v) is 4.96. The van der Waals surface area contributed by atoms with Crippen LogP contribution in [0.2, 0.25) is 0 Å². The molecule has 0 radical (unpaired) electrons. The van der Waals surface area contributed by atoms with Crippen molar-refractivity contribution in [2.75, 3.05) is 0 Å². The fraction of sp³-hybridized carbons (Fsp3) is 0.909. The standard InChI is InChI=1S/C11H22O/c1-9(2)7-6-8-10(12)11(3,4)5/h9H,6-8H2,1-5H3. The third-order valence-corrected chi connectivity index (χ3v) is 2.02. The number of hydrogen-bond acceptors (Lipinski definition) is 1. The minimum absolute atomic E-state index is 0.142. The first-order valence-corrected chi connectivity index (χ1v) is 4.87. The number of rotatable bonds is 4. The van der Waals surface area contributed by atoms with Crippen LogP contribution in [0.25, 0.3) is 0 Å². The second-order valence-electron chi connectivity index (χ2n) is 4.96. The summed E-state index contributed by atoms with van der Waals surface area (Å²) >= 11 is 0. The molecule has 0 rings (SSSR count). The second kappa shape index (κ2) is 4.64. The quantitative estimate of drug-likeness (QED) is 0.631. The molecule has 12 heavy (non-hydrogen) atoms. The smallest absolute Gasteiger partial charge is 0.138 e. The van der Waals surface area contributed by atoms with E-state index in [0.717, 1.165) is 18.8 Å². The number of ketones is 1. The lowest BCUT2D eigenvalue weighted by Crippen LogP contribution is -2.19. The molecular formula is C11H22O. The Hall–Kier alpha value is -0.330. The maximum absolute atomic E-state index is 11.4. The minimum atomic E-state index is -0.142. The van der Waals surface area contributed by atoms with Crippen molar-refractivity contribution in [3.63, 3.8) is 0 Å². The van der Waals surface area contributed by atoms with Gasteiger partial charge in [-0.15, -0.1) is 0 Å². The molecule has 0 amide bonds. The molecule has 0 spiro atoms. The minimum Gasteiger partial charge on any atom is -0.299 e. The maximum Gasteiger partial charge on any atom is 0.138 e. The molecular weight excluding hydrogens is 148 g/mol. The molecule has 1 nitrogen and oxygen atoms in total. The Balaban J connectivity index is 3.59. The topological polar surface area (TPSA) is 17.1 Å². The van der Waals surface area contributed by atoms with Crippen LogP contribution in [0.15, 0.2) is 0 Å². The van der Waals surface area contributed by atoms with Gasteiger partial charge in [-0.05, 0) is 12.3 Å². The maximum atomic E-state index is 11.4. The van der Waals surface area contributed by atoms with Crippen LogP contribution < -0.4 is 0 Å². The molecule has 0 aromatic rings. The largest absolute Gasteiger partial charge is 0.299 e. The summed E-state index contributed by atoms with van der Waals surface area (Å²) < 4.78 is 0. The summed E-state index contributed by atoms with van der Waals surface area (Å²) in [6, 6.07) is 0. The Morgan fingerprint density at radius 2 is 1.75 bits per heavy atom. The molecule has 72 valence electrons. The van der Waals surface area contributed by atoms with Gasteiger partial charge in [-0.1, -0.05) is 41.0 Å². The number of carbonyl (C=O) groups is 1. The summed E-state index contributed by atoms with van der Waals surface area (Å²) in [5, 5.41) is 0. The van der Waals surface area contributed by atoms with Gasteiger partial charge in [-0.2, -0.15) is 0 Å². The number of Topliss-reactive ketones (excluding diaryl/α,β-unsaturated/α-hetero) is 1. The average molecular weight is 170 g/mol. The van der Waals surface area contributed by atoms with Gasteiger partial charge in [0.2, 0.25) is 0 Å². The van der Waals surface area contributed by atoms with Gasteiger partial charge < -0.3 is 0 Å². The molecule has 0 atom stereocenters. The molecule has 0 saturated carbocycles. The Labute approximate surface area is 76.6 Å². The molecule has 0 aliphatic carbocycles. The van der Waals surface area contributed by atoms with Gasteiger partial charge in [0.1, 0.15) is 5.78 Å². The first-order chi connectivity index (χ1) is 5.34. The van der Waals surface area contributed by atoms with Crippen LogP contribution in [0.5, 0.6) is 0 Å². The van der Waals surface area contributed by atoms with Crippen LogP contribution >= 0.6 is 0 Å². The average Bonchev–Trinajstić information content (AvgIpc) is 1.84. The highest BCUT2D eigenvalue weighted by Gasteiger charge is 2.19. The van der Waals surface area contributed by atoms with Gasteiger partial charge in [0.05, 0.1) is 0 Å². The third-order valence-electron chi connectivity index (χ3n) is 2.02. The zero-order valence-corrected chi connectivity index (χ0v) is 9.11. The van der Waals surface area contributed by atoms with E-state index >= 15 is 0 Å². The number of carbonyl (C=O) groups excluding carboxylic acids is 1. The molecule has 0 aromatic carbocycles. The van der Waals surface area contributed by atoms with Crippen molar-refractivity contribution in [3.8, 4) is 0 Å². The van der Waals surface area contributed by atoms with Crippen molar-refractivity contribution in [2.45, 2.75) is 53.9 Å². The third kappa shape index (κ3) is 5.34. The van der Waals surface area contributed by atoms with Crippen molar-refractivity contribution < 1.29 is 4.79 Å². The molecule has 0 aliphatic rings. The lowest BCUT2D eigenvalue weighted by Gasteiger charge is -2.16. The van der Waals surface area contributed by atoms with Crippen molar-refractivity contribution >= 4 is 5.78 Å². The fourth-order valence-electron chi connectivity index (χ4n) is 1.05. The van der Waals surface area contributed by atoms with Gasteiger partial charge in [0.15, 0.2) is 0 Å². The first-order valence-electron chi connectivity index (χ1n) is 4.87. The van der Waals surface area contributed by atoms with E-state index in [9.17, 15) is 4.79 Å². The van der Waals surface area contributed by atoms with E-state index in [4.69, 9.17) is 0 Å². The van der Waals surface area contributed by atoms with Crippen LogP contribution in [-0.4, -0.2) is 5.78 Å². The summed E-state index contributed by atoms with van der Waals surface area (Å²) in [6.45, 7) is 10.4. The van der Waals surface area contributed by atoms with E-state index in [1.54, 1.807) is 0 Å². The molecule has 0 fully saturated rings. The Morgan fingerprint density at radius 1 is 1.25 bits per heavy atom. The molecule has 1 heteroatoms. The summed E-state index contributed by atoms with van der Waals surface area (Å²) in [7, 11) is 0. The highest BCUT2D eigenvalue weighted by molar-refractivity contribution is 5.83. The predicted octanol–water partition coefficient (Wildman–Crippen LogP) is 3.43. The molecule has 0 heterocycles. The SMILES string of the molecule is CC(C)CCCC(=O)C(C)(C)C. The van der Waals surface area contributed by atoms with Crippen molar-refractivity contribution in [1.82, 2.24) is 0 Å². The molecule has 0 N–H and O–H groups in total. The highest BCUT2D eigenvalue weighted by Crippen LogP contribution is 2.19. The lowest BCUT2D eigenvalue weighted by atomic mass is 9.87. The van der Waals surface area contributed by atoms with Crippen LogP contribution in [0, 0.1) is 11.3 Å². The van der Waals surface area contributed by atoms with Crippen molar-refractivity contribution in [2.24, 2.45) is 11.3 Å². The normalized spacial score (nSPS) is 12.2. The molecule has 0 aromatic heterocycles. The Kier molecular flexibility index (Phi) is 4.51. The summed E-state index contributed by atoms with van der Waals surface area (Å²) in [6.07, 6.45) is 2.97. The monoisotopic (exact) mass is 170 g/mol. The number of hydrogen-bond donors (Lipinski definition) is 0. The van der Waals surface area contributed by atoms with Crippen LogP contribution in [0.3, 0.4) is 0 Å². The van der Waals surface area contributed by atoms with Gasteiger partial charge >= 0.3 is 0 Å². The Bertz CT molecular complexity index is 140. The molecule has 0 bridgehead atoms. The molecule has 0 unspecified atom stereocenters. The van der Waals surface area contributed by atoms with E-state index in [2.05, 4.69) is 13.8 Å². The highest BCUT2D eigenvalue weighted by atomic mass is 16.1. The van der Waals surface area contributed by atoms with E-state index in [1.807, 2.05) is 20.8 Å². The van der Waals surface area contributed by atoms with E-state index < -0.39 is 0 Å². The van der Waals surface area contributed by atoms with Crippen molar-refractivity contribution in [1.29, 1.82) is 0 Å². The fourth-order valence-corrected chi connectivity index (χ4v) is 1.05. The van der Waals surface area contributed by atoms with Gasteiger partial charge in [0, 0.05) is 11.8 Å². The summed E-state index contributed by atoms with van der Waals surface area (Å²) in [5.41, 5.74) is -0.142. The van der Waals surface area contributed by atoms with Gasteiger partial charge in [-0.25, -0.2) is 0 Å². The lowest BCUT2D eigenvalue weighted by molar-refractivity contribution is -0.126. The molecule has 0 aliphatic heterocycles.